The molecule has 0 amide bonds. The third-order valence-electron chi connectivity index (χ3n) is 6.63. The van der Waals surface area contributed by atoms with Gasteiger partial charge in [0.25, 0.3) is 0 Å². The molecule has 0 fully saturated rings. The summed E-state index contributed by atoms with van der Waals surface area (Å²) in [6.07, 6.45) is 23.4. The molecule has 0 aromatic carbocycles. The Bertz CT molecular complexity index is 813. The van der Waals surface area contributed by atoms with Crippen molar-refractivity contribution in [3.63, 3.8) is 0 Å². The molecule has 0 heterocycles. The van der Waals surface area contributed by atoms with Gasteiger partial charge in [-0.1, -0.05) is 92.2 Å². The molecule has 0 radical (unpaired) electrons. The van der Waals surface area contributed by atoms with E-state index in [1.807, 2.05) is 19.1 Å². The molecule has 2 aliphatic rings. The maximum Gasteiger partial charge on any atom is 0.0617 e. The van der Waals surface area contributed by atoms with Gasteiger partial charge in [0.05, 0.1) is 6.61 Å². The summed E-state index contributed by atoms with van der Waals surface area (Å²) in [6, 6.07) is 0. The lowest BCUT2D eigenvalue weighted by Crippen LogP contribution is -2.40. The summed E-state index contributed by atoms with van der Waals surface area (Å²) >= 11 is 2.43. The first-order valence-corrected chi connectivity index (χ1v) is 11.7. The van der Waals surface area contributed by atoms with Gasteiger partial charge in [-0.05, 0) is 84.9 Å². The second kappa shape index (κ2) is 10.3. The van der Waals surface area contributed by atoms with Gasteiger partial charge in [0.2, 0.25) is 0 Å². The monoisotopic (exact) mass is 504 g/mol. The van der Waals surface area contributed by atoms with Crippen LogP contribution >= 0.6 is 22.6 Å². The van der Waals surface area contributed by atoms with Crippen LogP contribution in [0.25, 0.3) is 0 Å². The van der Waals surface area contributed by atoms with E-state index in [1.54, 1.807) is 0 Å². The lowest BCUT2D eigenvalue weighted by molar-refractivity contribution is 0.108. The van der Waals surface area contributed by atoms with Gasteiger partial charge in [0, 0.05) is 3.58 Å². The van der Waals surface area contributed by atoms with Gasteiger partial charge in [0.15, 0.2) is 0 Å². The summed E-state index contributed by atoms with van der Waals surface area (Å²) in [4.78, 5) is 0. The Labute approximate surface area is 191 Å². The third kappa shape index (κ3) is 6.18. The Morgan fingerprint density at radius 1 is 1.21 bits per heavy atom. The largest absolute Gasteiger partial charge is 0.392 e. The normalized spacial score (nSPS) is 28.6. The summed E-state index contributed by atoms with van der Waals surface area (Å²) in [5, 5.41) is 8.94. The van der Waals surface area contributed by atoms with Crippen LogP contribution in [0.1, 0.15) is 60.8 Å². The van der Waals surface area contributed by atoms with Crippen LogP contribution in [-0.4, -0.2) is 11.7 Å². The van der Waals surface area contributed by atoms with Crippen molar-refractivity contribution in [2.45, 2.75) is 60.8 Å². The van der Waals surface area contributed by atoms with E-state index in [1.165, 1.54) is 33.1 Å². The zero-order chi connectivity index (χ0) is 21.7. The summed E-state index contributed by atoms with van der Waals surface area (Å²) in [5.41, 5.74) is 5.71. The summed E-state index contributed by atoms with van der Waals surface area (Å²) in [6.45, 7) is 13.9. The SMILES string of the molecule is CC1=C(/C=C/C(C)=C/C=C/C(C)=C/CO)C(C)(C)C(C2(C)C=CC(I)=CC2)CC1. The van der Waals surface area contributed by atoms with Crippen molar-refractivity contribution in [3.8, 4) is 0 Å². The Kier molecular flexibility index (Phi) is 8.54. The van der Waals surface area contributed by atoms with Crippen molar-refractivity contribution in [1.29, 1.82) is 0 Å². The van der Waals surface area contributed by atoms with Crippen molar-refractivity contribution in [1.82, 2.24) is 0 Å². The Hall–Kier alpha value is -1.13. The highest BCUT2D eigenvalue weighted by atomic mass is 127. The van der Waals surface area contributed by atoms with E-state index in [9.17, 15) is 0 Å². The average Bonchev–Trinajstić information content (AvgIpc) is 2.63. The number of aliphatic hydroxyl groups is 1. The first-order valence-electron chi connectivity index (χ1n) is 10.7. The number of allylic oxidation sites excluding steroid dienone is 13. The van der Waals surface area contributed by atoms with E-state index in [0.29, 0.717) is 5.92 Å². The van der Waals surface area contributed by atoms with E-state index in [0.717, 1.165) is 12.0 Å². The van der Waals surface area contributed by atoms with Gasteiger partial charge >= 0.3 is 0 Å². The molecule has 29 heavy (non-hydrogen) atoms. The predicted molar refractivity (Wildman–Crippen MR) is 136 cm³/mol. The fourth-order valence-corrected chi connectivity index (χ4v) is 5.32. The van der Waals surface area contributed by atoms with E-state index >= 15 is 0 Å². The summed E-state index contributed by atoms with van der Waals surface area (Å²) in [5.74, 6) is 0.630. The zero-order valence-corrected chi connectivity index (χ0v) is 21.1. The second-order valence-corrected chi connectivity index (χ2v) is 10.6. The maximum absolute atomic E-state index is 8.94. The highest BCUT2D eigenvalue weighted by molar-refractivity contribution is 14.1. The van der Waals surface area contributed by atoms with Gasteiger partial charge in [-0.15, -0.1) is 0 Å². The second-order valence-electron chi connectivity index (χ2n) is 9.37. The minimum absolute atomic E-state index is 0.0888. The molecule has 1 nitrogen and oxygen atoms in total. The van der Waals surface area contributed by atoms with E-state index < -0.39 is 0 Å². The van der Waals surface area contributed by atoms with Gasteiger partial charge in [-0.25, -0.2) is 0 Å². The topological polar surface area (TPSA) is 20.2 Å². The molecule has 158 valence electrons. The van der Waals surface area contributed by atoms with Crippen LogP contribution in [0.15, 0.2) is 80.6 Å². The number of aliphatic hydroxyl groups excluding tert-OH is 1. The Morgan fingerprint density at radius 2 is 1.93 bits per heavy atom. The molecule has 2 heteroatoms. The van der Waals surface area contributed by atoms with E-state index in [2.05, 4.69) is 99.7 Å². The predicted octanol–water partition coefficient (Wildman–Crippen LogP) is 8.02. The van der Waals surface area contributed by atoms with Crippen molar-refractivity contribution in [3.05, 3.63) is 80.6 Å². The molecule has 0 spiro atoms. The molecule has 2 atom stereocenters. The summed E-state index contributed by atoms with van der Waals surface area (Å²) < 4.78 is 1.36. The fraction of sp³-hybridized carbons (Fsp3) is 0.481. The highest BCUT2D eigenvalue weighted by Crippen LogP contribution is 2.55. The highest BCUT2D eigenvalue weighted by Gasteiger charge is 2.45. The van der Waals surface area contributed by atoms with Gasteiger partial charge in [-0.3, -0.25) is 0 Å². The molecule has 0 saturated heterocycles. The average molecular weight is 504 g/mol. The number of hydrogen-bond acceptors (Lipinski definition) is 1. The lowest BCUT2D eigenvalue weighted by Gasteiger charge is -2.50. The van der Waals surface area contributed by atoms with Crippen LogP contribution in [-0.2, 0) is 0 Å². The van der Waals surface area contributed by atoms with Crippen LogP contribution in [0.3, 0.4) is 0 Å². The van der Waals surface area contributed by atoms with Crippen LogP contribution < -0.4 is 0 Å². The molecule has 0 bridgehead atoms. The lowest BCUT2D eigenvalue weighted by atomic mass is 9.55. The third-order valence-corrected chi connectivity index (χ3v) is 7.43. The standard InChI is InChI=1S/C27H37IO/c1-20(8-7-9-21(2)16-19-29)10-12-24-22(3)11-13-25(26(24,4)5)27(6)17-14-23(28)15-18-27/h7-10,12,14-17,25,29H,11,13,18-19H2,1-6H3/b9-7+,12-10+,20-8+,21-16+. The van der Waals surface area contributed by atoms with Gasteiger partial charge < -0.3 is 5.11 Å². The molecule has 0 saturated carbocycles. The molecule has 2 aliphatic carbocycles. The first-order chi connectivity index (χ1) is 13.6. The van der Waals surface area contributed by atoms with Gasteiger partial charge in [0.1, 0.15) is 0 Å². The van der Waals surface area contributed by atoms with Crippen LogP contribution in [0.2, 0.25) is 0 Å². The van der Waals surface area contributed by atoms with Gasteiger partial charge in [-0.2, -0.15) is 0 Å². The molecule has 2 unspecified atom stereocenters. The molecule has 0 aromatic rings. The van der Waals surface area contributed by atoms with Crippen molar-refractivity contribution in [2.75, 3.05) is 6.61 Å². The molecule has 2 rings (SSSR count). The van der Waals surface area contributed by atoms with E-state index in [4.69, 9.17) is 5.11 Å². The minimum Gasteiger partial charge on any atom is -0.392 e. The van der Waals surface area contributed by atoms with Crippen LogP contribution in [0.4, 0.5) is 0 Å². The molecule has 1 N–H and O–H groups in total. The molecule has 0 aliphatic heterocycles. The smallest absolute Gasteiger partial charge is 0.0617 e. The summed E-state index contributed by atoms with van der Waals surface area (Å²) in [7, 11) is 0. The number of halogens is 1. The maximum atomic E-state index is 8.94. The Morgan fingerprint density at radius 3 is 2.55 bits per heavy atom. The minimum atomic E-state index is 0.0888. The van der Waals surface area contributed by atoms with Crippen molar-refractivity contribution in [2.24, 2.45) is 16.7 Å². The number of hydrogen-bond donors (Lipinski definition) is 1. The first kappa shape index (κ1) is 24.1. The van der Waals surface area contributed by atoms with Crippen LogP contribution in [0.5, 0.6) is 0 Å². The van der Waals surface area contributed by atoms with Crippen molar-refractivity contribution < 1.29 is 5.11 Å². The fourth-order valence-electron chi connectivity index (χ4n) is 4.92. The van der Waals surface area contributed by atoms with Crippen molar-refractivity contribution >= 4 is 22.6 Å². The van der Waals surface area contributed by atoms with Crippen LogP contribution in [0, 0.1) is 16.7 Å². The molecular formula is C27H37IO. The molecular weight excluding hydrogens is 467 g/mol. The quantitative estimate of drug-likeness (QED) is 0.287. The Balaban J connectivity index is 2.22. The van der Waals surface area contributed by atoms with E-state index in [-0.39, 0.29) is 17.4 Å². The number of rotatable bonds is 6. The zero-order valence-electron chi connectivity index (χ0n) is 18.9. The molecule has 0 aromatic heterocycles.